The van der Waals surface area contributed by atoms with Crippen LogP contribution in [0.1, 0.15) is 48.8 Å². The lowest BCUT2D eigenvalue weighted by Gasteiger charge is -2.14. The fourth-order valence-corrected chi connectivity index (χ4v) is 3.86. The first kappa shape index (κ1) is 27.1. The molecular weight excluding hydrogens is 491 g/mol. The number of methoxy groups -OCH3 is 1. The minimum absolute atomic E-state index is 0.00980. The highest BCUT2D eigenvalue weighted by molar-refractivity contribution is 6.42. The van der Waals surface area contributed by atoms with Gasteiger partial charge in [0, 0.05) is 33.0 Å². The summed E-state index contributed by atoms with van der Waals surface area (Å²) in [4.78, 5) is 39.8. The molecular formula is C23H28ClF3N3O5+. The maximum absolute atomic E-state index is 13.1. The van der Waals surface area contributed by atoms with Gasteiger partial charge in [0.1, 0.15) is 0 Å². The van der Waals surface area contributed by atoms with E-state index in [0.717, 1.165) is 11.0 Å². The van der Waals surface area contributed by atoms with E-state index in [1.165, 1.54) is 49.0 Å². The van der Waals surface area contributed by atoms with Crippen molar-refractivity contribution in [3.05, 3.63) is 33.8 Å². The summed E-state index contributed by atoms with van der Waals surface area (Å²) in [7, 11) is 2.93. The Bertz CT molecular complexity index is 1020. The lowest BCUT2D eigenvalue weighted by molar-refractivity contribution is -0.394. The van der Waals surface area contributed by atoms with Crippen molar-refractivity contribution in [2.75, 3.05) is 34.1 Å². The zero-order valence-corrected chi connectivity index (χ0v) is 20.4. The van der Waals surface area contributed by atoms with Gasteiger partial charge in [0.2, 0.25) is 5.91 Å². The average molecular weight is 519 g/mol. The predicted molar refractivity (Wildman–Crippen MR) is 120 cm³/mol. The number of hydrogen-bond acceptors (Lipinski definition) is 5. The van der Waals surface area contributed by atoms with Gasteiger partial charge in [-0.1, -0.05) is 30.9 Å². The Morgan fingerprint density at radius 3 is 2.31 bits per heavy atom. The molecule has 0 unspecified atom stereocenters. The number of urea groups is 1. The van der Waals surface area contributed by atoms with Gasteiger partial charge in [-0.3, -0.25) is 4.79 Å². The van der Waals surface area contributed by atoms with E-state index in [1.807, 2.05) is 0 Å². The molecule has 2 aliphatic heterocycles. The Labute approximate surface area is 206 Å². The highest BCUT2D eigenvalue weighted by Gasteiger charge is 2.45. The van der Waals surface area contributed by atoms with Crippen LogP contribution >= 0.6 is 11.6 Å². The molecule has 192 valence electrons. The number of ether oxygens (including phenoxy) is 2. The second-order valence-electron chi connectivity index (χ2n) is 8.46. The van der Waals surface area contributed by atoms with Crippen molar-refractivity contribution in [2.45, 2.75) is 51.4 Å². The fraction of sp³-hybridized carbons (Fsp3) is 0.565. The number of amides is 4. The van der Waals surface area contributed by atoms with Gasteiger partial charge in [-0.2, -0.15) is 22.5 Å². The summed E-state index contributed by atoms with van der Waals surface area (Å²) in [6.45, 7) is 0.438. The van der Waals surface area contributed by atoms with E-state index >= 15 is 0 Å². The first-order valence-electron chi connectivity index (χ1n) is 11.2. The van der Waals surface area contributed by atoms with Crippen molar-refractivity contribution < 1.29 is 41.6 Å². The maximum Gasteiger partial charge on any atom is 0.503 e. The molecule has 35 heavy (non-hydrogen) atoms. The van der Waals surface area contributed by atoms with Gasteiger partial charge < -0.3 is 14.4 Å². The van der Waals surface area contributed by atoms with Crippen LogP contribution < -0.4 is 0 Å². The van der Waals surface area contributed by atoms with Crippen LogP contribution in [-0.2, 0) is 38.3 Å². The van der Waals surface area contributed by atoms with Crippen molar-refractivity contribution >= 4 is 35.2 Å². The lowest BCUT2D eigenvalue weighted by atomic mass is 10.1. The van der Waals surface area contributed by atoms with Gasteiger partial charge in [-0.15, -0.1) is 4.90 Å². The van der Waals surface area contributed by atoms with E-state index in [0.29, 0.717) is 17.7 Å². The highest BCUT2D eigenvalue weighted by Crippen LogP contribution is 2.38. The molecule has 4 rings (SSSR count). The predicted octanol–water partition coefficient (Wildman–Crippen LogP) is 3.82. The summed E-state index contributed by atoms with van der Waals surface area (Å²) in [6.07, 6.45) is -0.153. The third kappa shape index (κ3) is 6.80. The fourth-order valence-electron chi connectivity index (χ4n) is 3.57. The molecule has 0 spiro atoms. The molecule has 0 aromatic heterocycles. The number of halogens is 4. The van der Waals surface area contributed by atoms with Gasteiger partial charge in [-0.05, 0) is 23.3 Å². The third-order valence-corrected chi connectivity index (χ3v) is 5.98. The van der Waals surface area contributed by atoms with E-state index in [2.05, 4.69) is 0 Å². The van der Waals surface area contributed by atoms with Crippen LogP contribution in [0.2, 0.25) is 5.02 Å². The van der Waals surface area contributed by atoms with Gasteiger partial charge in [-0.25, -0.2) is 4.79 Å². The SMILES string of the molecule is C1CC1.COCCOCN1C(=O)C(CCC(=O)N2Cc3cc(Cl)c(C(F)(F)F)cc3C2)=[N+](C)C1=O. The zero-order chi connectivity index (χ0) is 25.8. The monoisotopic (exact) mass is 518 g/mol. The molecule has 0 bridgehead atoms. The summed E-state index contributed by atoms with van der Waals surface area (Å²) in [5, 5.41) is -0.411. The van der Waals surface area contributed by atoms with Crippen molar-refractivity contribution in [1.29, 1.82) is 0 Å². The van der Waals surface area contributed by atoms with Crippen molar-refractivity contribution in [3.8, 4) is 0 Å². The van der Waals surface area contributed by atoms with E-state index in [4.69, 9.17) is 21.1 Å². The second-order valence-corrected chi connectivity index (χ2v) is 8.87. The van der Waals surface area contributed by atoms with Gasteiger partial charge in [0.25, 0.3) is 0 Å². The van der Waals surface area contributed by atoms with Crippen molar-refractivity contribution in [2.24, 2.45) is 0 Å². The van der Waals surface area contributed by atoms with Gasteiger partial charge in [0.15, 0.2) is 12.4 Å². The van der Waals surface area contributed by atoms with Crippen LogP contribution in [-0.4, -0.2) is 72.0 Å². The number of hydrogen-bond donors (Lipinski definition) is 0. The highest BCUT2D eigenvalue weighted by atomic mass is 35.5. The Balaban J connectivity index is 0.00000106. The summed E-state index contributed by atoms with van der Waals surface area (Å²) in [6, 6.07) is 1.64. The molecule has 4 amide bonds. The average Bonchev–Trinajstić information content (AvgIpc) is 3.60. The number of nitrogens with zero attached hydrogens (tertiary/aromatic N) is 3. The Morgan fingerprint density at radius 1 is 1.11 bits per heavy atom. The largest absolute Gasteiger partial charge is 0.503 e. The van der Waals surface area contributed by atoms with Crippen LogP contribution in [0.25, 0.3) is 0 Å². The number of carbonyl (C=O) groups is 3. The molecule has 1 aromatic rings. The Kier molecular flexibility index (Phi) is 8.89. The zero-order valence-electron chi connectivity index (χ0n) is 19.6. The molecule has 1 aromatic carbocycles. The third-order valence-electron chi connectivity index (χ3n) is 5.67. The number of rotatable bonds is 8. The minimum Gasteiger partial charge on any atom is -0.382 e. The topological polar surface area (TPSA) is 79.2 Å². The quantitative estimate of drug-likeness (QED) is 0.386. The van der Waals surface area contributed by atoms with Crippen molar-refractivity contribution in [1.82, 2.24) is 9.80 Å². The first-order chi connectivity index (χ1) is 16.5. The molecule has 0 saturated heterocycles. The van der Waals surface area contributed by atoms with E-state index in [1.54, 1.807) is 0 Å². The van der Waals surface area contributed by atoms with E-state index < -0.39 is 28.7 Å². The first-order valence-corrected chi connectivity index (χ1v) is 11.6. The molecule has 0 atom stereocenters. The number of carbonyl (C=O) groups excluding carboxylic acids is 3. The number of benzene rings is 1. The van der Waals surface area contributed by atoms with Crippen LogP contribution in [0, 0.1) is 0 Å². The Hall–Kier alpha value is -2.50. The smallest absolute Gasteiger partial charge is 0.382 e. The molecule has 1 saturated carbocycles. The van der Waals surface area contributed by atoms with Gasteiger partial charge >= 0.3 is 18.1 Å². The van der Waals surface area contributed by atoms with Crippen LogP contribution in [0.4, 0.5) is 18.0 Å². The molecule has 0 N–H and O–H groups in total. The van der Waals surface area contributed by atoms with Crippen molar-refractivity contribution in [3.63, 3.8) is 0 Å². The molecule has 1 aliphatic carbocycles. The normalized spacial score (nSPS) is 17.1. The van der Waals surface area contributed by atoms with Crippen LogP contribution in [0.3, 0.4) is 0 Å². The minimum atomic E-state index is -4.58. The van der Waals surface area contributed by atoms with E-state index in [-0.39, 0.29) is 50.9 Å². The van der Waals surface area contributed by atoms with Crippen LogP contribution in [0.15, 0.2) is 12.1 Å². The summed E-state index contributed by atoms with van der Waals surface area (Å²) in [5.74, 6) is -0.893. The molecule has 3 aliphatic rings. The maximum atomic E-state index is 13.1. The molecule has 0 radical (unpaired) electrons. The molecule has 1 fully saturated rings. The standard InChI is InChI=1S/C20H22ClF3N3O5.C3H6/c1-25-16(18(29)27(19(25)30)11-32-6-5-31-2)3-4-17(28)26-9-12-7-14(20(22,23)24)15(21)8-13(12)10-26;1-2-3-1/h7-8H,3-6,9-11H2,1-2H3;1-3H2/q+1;. The molecule has 2 heterocycles. The number of alkyl halides is 3. The lowest BCUT2D eigenvalue weighted by Crippen LogP contribution is -2.36. The number of fused-ring (bicyclic) bond motifs is 1. The second kappa shape index (κ2) is 11.5. The van der Waals surface area contributed by atoms with Gasteiger partial charge in [0.05, 0.1) is 30.8 Å². The molecule has 12 heteroatoms. The Morgan fingerprint density at radius 2 is 1.74 bits per heavy atom. The molecule has 8 nitrogen and oxygen atoms in total. The summed E-state index contributed by atoms with van der Waals surface area (Å²) < 4.78 is 50.4. The summed E-state index contributed by atoms with van der Waals surface area (Å²) >= 11 is 5.76. The van der Waals surface area contributed by atoms with Crippen LogP contribution in [0.5, 0.6) is 0 Å². The summed E-state index contributed by atoms with van der Waals surface area (Å²) in [5.41, 5.74) is 0.143. The van der Waals surface area contributed by atoms with E-state index in [9.17, 15) is 27.6 Å². The number of imide groups is 1.